The number of anilines is 1. The summed E-state index contributed by atoms with van der Waals surface area (Å²) in [7, 11) is 0. The molecule has 4 nitrogen and oxygen atoms in total. The average molecular weight is 456 g/mol. The van der Waals surface area contributed by atoms with Crippen LogP contribution in [0.15, 0.2) is 30.7 Å². The summed E-state index contributed by atoms with van der Waals surface area (Å²) in [5, 5.41) is 6.89. The van der Waals surface area contributed by atoms with Crippen molar-refractivity contribution in [2.75, 3.05) is 11.9 Å². The van der Waals surface area contributed by atoms with Gasteiger partial charge in [-0.3, -0.25) is 4.79 Å². The number of rotatable bonds is 5. The highest BCUT2D eigenvalue weighted by molar-refractivity contribution is 9.11. The van der Waals surface area contributed by atoms with Crippen LogP contribution in [0.2, 0.25) is 0 Å². The fourth-order valence-electron chi connectivity index (χ4n) is 1.18. The number of nitrogens with zero attached hydrogens (tertiary/aromatic N) is 1. The predicted octanol–water partition coefficient (Wildman–Crippen LogP) is 4.14. The van der Waals surface area contributed by atoms with Gasteiger partial charge in [-0.15, -0.1) is 0 Å². The van der Waals surface area contributed by atoms with Gasteiger partial charge in [0.1, 0.15) is 0 Å². The molecule has 0 aliphatic heterocycles. The monoisotopic (exact) mass is 453 g/mol. The summed E-state index contributed by atoms with van der Waals surface area (Å²) in [6.07, 6.45) is 1.68. The molecule has 0 aromatic heterocycles. The molecule has 1 rings (SSSR count). The number of halogens is 3. The number of carbonyl (C=O) groups is 1. The first-order chi connectivity index (χ1) is 8.90. The summed E-state index contributed by atoms with van der Waals surface area (Å²) in [5.74, 6) is 0.113. The molecule has 0 aliphatic rings. The Bertz CT molecular complexity index is 466. The van der Waals surface area contributed by atoms with E-state index in [0.29, 0.717) is 5.92 Å². The normalized spacial score (nSPS) is 11.1. The predicted molar refractivity (Wildman–Crippen MR) is 89.5 cm³/mol. The number of hydrazone groups is 1. The first-order valence-electron chi connectivity index (χ1n) is 5.60. The molecule has 1 amide bonds. The fourth-order valence-corrected chi connectivity index (χ4v) is 3.72. The van der Waals surface area contributed by atoms with E-state index in [4.69, 9.17) is 0 Å². The zero-order valence-corrected chi connectivity index (χ0v) is 15.3. The average Bonchev–Trinajstić information content (AvgIpc) is 2.26. The van der Waals surface area contributed by atoms with Gasteiger partial charge in [-0.25, -0.2) is 5.43 Å². The van der Waals surface area contributed by atoms with Gasteiger partial charge in [-0.1, -0.05) is 29.8 Å². The van der Waals surface area contributed by atoms with E-state index in [-0.39, 0.29) is 12.5 Å². The first-order valence-corrected chi connectivity index (χ1v) is 7.98. The largest absolute Gasteiger partial charge is 0.374 e. The molecule has 19 heavy (non-hydrogen) atoms. The SMILES string of the molecule is CC(C)/C=N\NC(=O)CNc1c(Br)cc(Br)cc1Br. The molecular formula is C12H14Br3N3O. The highest BCUT2D eigenvalue weighted by atomic mass is 79.9. The maximum absolute atomic E-state index is 11.6. The second-order valence-corrected chi connectivity index (χ2v) is 6.78. The van der Waals surface area contributed by atoms with Gasteiger partial charge in [-0.05, 0) is 49.9 Å². The van der Waals surface area contributed by atoms with E-state index in [9.17, 15) is 4.79 Å². The Kier molecular flexibility index (Phi) is 7.02. The molecule has 1 aromatic rings. The van der Waals surface area contributed by atoms with E-state index >= 15 is 0 Å². The third-order valence-corrected chi connectivity index (χ3v) is 3.70. The molecule has 2 N–H and O–H groups in total. The Hall–Kier alpha value is -0.400. The van der Waals surface area contributed by atoms with Crippen LogP contribution in [0.5, 0.6) is 0 Å². The van der Waals surface area contributed by atoms with Crippen molar-refractivity contribution < 1.29 is 4.79 Å². The minimum atomic E-state index is -0.196. The van der Waals surface area contributed by atoms with Crippen LogP contribution in [0.3, 0.4) is 0 Å². The van der Waals surface area contributed by atoms with Crippen LogP contribution in [0.4, 0.5) is 5.69 Å². The molecule has 0 aliphatic carbocycles. The molecular weight excluding hydrogens is 442 g/mol. The van der Waals surface area contributed by atoms with Crippen molar-refractivity contribution in [1.29, 1.82) is 0 Å². The summed E-state index contributed by atoms with van der Waals surface area (Å²) in [6, 6.07) is 3.81. The van der Waals surface area contributed by atoms with Gasteiger partial charge in [0, 0.05) is 19.6 Å². The van der Waals surface area contributed by atoms with Gasteiger partial charge in [-0.2, -0.15) is 5.10 Å². The van der Waals surface area contributed by atoms with Gasteiger partial charge in [0.15, 0.2) is 0 Å². The second kappa shape index (κ2) is 8.01. The molecule has 0 spiro atoms. The van der Waals surface area contributed by atoms with Gasteiger partial charge in [0.05, 0.1) is 12.2 Å². The Balaban J connectivity index is 2.55. The third kappa shape index (κ3) is 6.05. The summed E-state index contributed by atoms with van der Waals surface area (Å²) in [6.45, 7) is 4.13. The molecule has 7 heteroatoms. The van der Waals surface area contributed by atoms with Gasteiger partial charge in [0.25, 0.3) is 5.91 Å². The van der Waals surface area contributed by atoms with Crippen LogP contribution in [0.25, 0.3) is 0 Å². The Morgan fingerprint density at radius 2 is 1.89 bits per heavy atom. The van der Waals surface area contributed by atoms with Crippen molar-refractivity contribution in [3.05, 3.63) is 25.6 Å². The van der Waals surface area contributed by atoms with Crippen molar-refractivity contribution in [3.63, 3.8) is 0 Å². The van der Waals surface area contributed by atoms with E-state index < -0.39 is 0 Å². The van der Waals surface area contributed by atoms with Crippen LogP contribution in [-0.2, 0) is 4.79 Å². The van der Waals surface area contributed by atoms with Gasteiger partial charge < -0.3 is 5.32 Å². The molecule has 1 aromatic carbocycles. The Labute approximate surface area is 137 Å². The lowest BCUT2D eigenvalue weighted by Gasteiger charge is -2.10. The zero-order valence-electron chi connectivity index (χ0n) is 10.5. The van der Waals surface area contributed by atoms with E-state index in [2.05, 4.69) is 63.6 Å². The Morgan fingerprint density at radius 1 is 1.32 bits per heavy atom. The molecule has 0 unspecified atom stereocenters. The van der Waals surface area contributed by atoms with Crippen LogP contribution in [-0.4, -0.2) is 18.7 Å². The summed E-state index contributed by atoms with van der Waals surface area (Å²) >= 11 is 10.3. The maximum atomic E-state index is 11.6. The lowest BCUT2D eigenvalue weighted by atomic mass is 10.3. The smallest absolute Gasteiger partial charge is 0.259 e. The molecule has 0 atom stereocenters. The van der Waals surface area contributed by atoms with Crippen molar-refractivity contribution >= 4 is 65.6 Å². The van der Waals surface area contributed by atoms with Gasteiger partial charge in [0.2, 0.25) is 0 Å². The van der Waals surface area contributed by atoms with Gasteiger partial charge >= 0.3 is 0 Å². The molecule has 0 heterocycles. The fraction of sp³-hybridized carbons (Fsp3) is 0.333. The van der Waals surface area contributed by atoms with E-state index in [1.807, 2.05) is 26.0 Å². The van der Waals surface area contributed by atoms with Crippen molar-refractivity contribution in [1.82, 2.24) is 5.43 Å². The first kappa shape index (κ1) is 16.7. The lowest BCUT2D eigenvalue weighted by Crippen LogP contribution is -2.26. The number of benzene rings is 1. The highest BCUT2D eigenvalue weighted by Crippen LogP contribution is 2.34. The number of carbonyl (C=O) groups excluding carboxylic acids is 1. The minimum absolute atomic E-state index is 0.147. The minimum Gasteiger partial charge on any atom is -0.374 e. The maximum Gasteiger partial charge on any atom is 0.259 e. The van der Waals surface area contributed by atoms with Crippen molar-refractivity contribution in [2.24, 2.45) is 11.0 Å². The second-order valence-electron chi connectivity index (χ2n) is 4.16. The quantitative estimate of drug-likeness (QED) is 0.517. The van der Waals surface area contributed by atoms with Crippen LogP contribution >= 0.6 is 47.8 Å². The van der Waals surface area contributed by atoms with Crippen molar-refractivity contribution in [3.8, 4) is 0 Å². The summed E-state index contributed by atoms with van der Waals surface area (Å²) in [4.78, 5) is 11.6. The van der Waals surface area contributed by atoms with Crippen LogP contribution in [0.1, 0.15) is 13.8 Å². The number of nitrogens with one attached hydrogen (secondary N) is 2. The molecule has 0 bridgehead atoms. The highest BCUT2D eigenvalue weighted by Gasteiger charge is 2.08. The summed E-state index contributed by atoms with van der Waals surface area (Å²) < 4.78 is 2.68. The number of hydrogen-bond acceptors (Lipinski definition) is 3. The molecule has 0 saturated heterocycles. The lowest BCUT2D eigenvalue weighted by molar-refractivity contribution is -0.119. The third-order valence-electron chi connectivity index (χ3n) is 1.99. The summed E-state index contributed by atoms with van der Waals surface area (Å²) in [5.41, 5.74) is 3.29. The number of amides is 1. The van der Waals surface area contributed by atoms with Crippen LogP contribution in [0, 0.1) is 5.92 Å². The van der Waals surface area contributed by atoms with E-state index in [0.717, 1.165) is 19.1 Å². The standard InChI is InChI=1S/C12H14Br3N3O/c1-7(2)5-17-18-11(19)6-16-12-9(14)3-8(13)4-10(12)15/h3-5,7,16H,6H2,1-2H3,(H,18,19)/b17-5-. The number of hydrogen-bond donors (Lipinski definition) is 2. The van der Waals surface area contributed by atoms with Crippen molar-refractivity contribution in [2.45, 2.75) is 13.8 Å². The Morgan fingerprint density at radius 3 is 2.42 bits per heavy atom. The zero-order chi connectivity index (χ0) is 14.4. The molecule has 104 valence electrons. The molecule has 0 fully saturated rings. The molecule has 0 radical (unpaired) electrons. The topological polar surface area (TPSA) is 53.5 Å². The van der Waals surface area contributed by atoms with Crippen LogP contribution < -0.4 is 10.7 Å². The van der Waals surface area contributed by atoms with E-state index in [1.54, 1.807) is 6.21 Å². The molecule has 0 saturated carbocycles. The van der Waals surface area contributed by atoms with E-state index in [1.165, 1.54) is 0 Å².